The fraction of sp³-hybridized carbons (Fsp3) is 0.500. The maximum atomic E-state index is 8.89. The predicted molar refractivity (Wildman–Crippen MR) is 31.5 cm³/mol. The number of carbonyl (C=O) groups excluding carboxylic acids is 1. The maximum Gasteiger partial charge on any atom is 2.00 e. The molecule has 0 fully saturated rings. The van der Waals surface area contributed by atoms with Crippen molar-refractivity contribution in [1.82, 2.24) is 0 Å². The van der Waals surface area contributed by atoms with Crippen LogP contribution >= 0.6 is 0 Å². The smallest absolute Gasteiger partial charge is 1.00 e. The minimum absolute atomic E-state index is 0. The second-order valence-corrected chi connectivity index (χ2v) is 1.94. The fourth-order valence-electron chi connectivity index (χ4n) is 0. The molecule has 0 amide bonds. The van der Waals surface area contributed by atoms with E-state index in [0.717, 1.165) is 6.92 Å². The standard InChI is InChI=1S/C2H4O2.BrH.ClH.NO3.H2O4S.5Zn/c1-2(3)4;;;2-1(3)4;1-5(2,3)4;;;;;/h1H3,(H,3,4);2*1H;;(H2,1,2,3,4);;;;;/q;;;-1;;5*+2/p-5. The summed E-state index contributed by atoms with van der Waals surface area (Å²) in [6.07, 6.45) is 0. The number of carboxylic acid groups (broad SMARTS) is 1. The van der Waals surface area contributed by atoms with Crippen LogP contribution < -0.4 is 34.5 Å². The molecule has 0 aliphatic carbocycles. The van der Waals surface area contributed by atoms with Gasteiger partial charge in [-0.15, -0.1) is 0 Å². The van der Waals surface area contributed by atoms with Gasteiger partial charge in [0.25, 0.3) is 0 Å². The number of carboxylic acids is 1. The summed E-state index contributed by atoms with van der Waals surface area (Å²) in [6.45, 7) is 0.972. The van der Waals surface area contributed by atoms with E-state index >= 15 is 0 Å². The summed E-state index contributed by atoms with van der Waals surface area (Å²) in [4.78, 5) is 17.1. The van der Waals surface area contributed by atoms with Gasteiger partial charge in [0.2, 0.25) is 0 Å². The molecule has 0 aromatic heterocycles. The van der Waals surface area contributed by atoms with Crippen molar-refractivity contribution in [3.05, 3.63) is 15.3 Å². The minimum Gasteiger partial charge on any atom is -1.00 e. The summed E-state index contributed by atoms with van der Waals surface area (Å²) < 4.78 is 34.1. The van der Waals surface area contributed by atoms with Crippen molar-refractivity contribution >= 4 is 16.4 Å². The summed E-state index contributed by atoms with van der Waals surface area (Å²) in [5.41, 5.74) is 0. The summed E-state index contributed by atoms with van der Waals surface area (Å²) in [5.74, 6) is -1.08. The van der Waals surface area contributed by atoms with Gasteiger partial charge in [0.15, 0.2) is 0 Å². The zero-order valence-electron chi connectivity index (χ0n) is 10.3. The van der Waals surface area contributed by atoms with Crippen LogP contribution in [0.2, 0.25) is 0 Å². The average Bonchev–Trinajstić information content (AvgIpc) is 1.50. The molecule has 0 aromatic carbocycles. The van der Waals surface area contributed by atoms with Crippen LogP contribution in [0.15, 0.2) is 0 Å². The SMILES string of the molecule is CC(=O)[O-].O=S(=O)([O-])[O-].O=[N+]([O-])[O-].[Br-].[Cl-].[Zn+2].[Zn+2].[Zn+2].[Zn+2].[Zn+2]. The minimum atomic E-state index is -5.17. The molecule has 0 saturated heterocycles. The first kappa shape index (κ1) is 66.7. The Morgan fingerprint density at radius 3 is 0.950 bits per heavy atom. The molecule has 0 aliphatic heterocycles. The summed E-state index contributed by atoms with van der Waals surface area (Å²) in [7, 11) is -5.17. The van der Waals surface area contributed by atoms with Gasteiger partial charge in [0.1, 0.15) is 0 Å². The van der Waals surface area contributed by atoms with Crippen molar-refractivity contribution < 1.29 is 159 Å². The number of carbonyl (C=O) groups is 1. The van der Waals surface area contributed by atoms with Crippen molar-refractivity contribution in [1.29, 1.82) is 0 Å². The Kier molecular flexibility index (Phi) is 143. The molecule has 0 atom stereocenters. The molecule has 0 saturated carbocycles. The van der Waals surface area contributed by atoms with Crippen LogP contribution in [0.4, 0.5) is 0 Å². The van der Waals surface area contributed by atoms with Crippen LogP contribution in [0.3, 0.4) is 0 Å². The van der Waals surface area contributed by atoms with Gasteiger partial charge < -0.3 is 63.7 Å². The molecule has 0 spiro atoms. The number of nitrogens with zero attached hydrogens (tertiary/aromatic N) is 1. The maximum absolute atomic E-state index is 8.89. The van der Waals surface area contributed by atoms with E-state index in [-0.39, 0.29) is 127 Å². The number of hydrogen-bond acceptors (Lipinski definition) is 9. The topological polar surface area (TPSA) is 187 Å². The Hall–Kier alpha value is 2.43. The van der Waals surface area contributed by atoms with Gasteiger partial charge in [-0.2, -0.15) is 0 Å². The van der Waals surface area contributed by atoms with Gasteiger partial charge in [-0.25, -0.2) is 0 Å². The fourth-order valence-corrected chi connectivity index (χ4v) is 0. The van der Waals surface area contributed by atoms with Crippen molar-refractivity contribution in [2.24, 2.45) is 0 Å². The van der Waals surface area contributed by atoms with Gasteiger partial charge in [-0.1, -0.05) is 0 Å². The number of hydrogen-bond donors (Lipinski definition) is 0. The summed E-state index contributed by atoms with van der Waals surface area (Å²) in [6, 6.07) is 0. The van der Waals surface area contributed by atoms with E-state index in [4.69, 9.17) is 42.7 Å². The van der Waals surface area contributed by atoms with E-state index in [1.807, 2.05) is 0 Å². The monoisotopic (exact) mass is 650 g/mol. The molecular weight excluding hydrogens is 656 g/mol. The zero-order valence-corrected chi connectivity index (χ0v) is 28.3. The van der Waals surface area contributed by atoms with Crippen LogP contribution in [0, 0.1) is 15.3 Å². The Balaban J connectivity index is -0.00000000802. The second kappa shape index (κ2) is 43.0. The van der Waals surface area contributed by atoms with Crippen molar-refractivity contribution in [2.45, 2.75) is 6.92 Å². The first-order valence-corrected chi connectivity index (χ1v) is 3.46. The molecular formula is C2H3BrClNO9SZn5+4. The van der Waals surface area contributed by atoms with Gasteiger partial charge in [-0.3, -0.25) is 8.42 Å². The number of rotatable bonds is 0. The number of halogens is 2. The molecule has 0 rings (SSSR count). The van der Waals surface area contributed by atoms with Crippen molar-refractivity contribution in [3.63, 3.8) is 0 Å². The average molecular weight is 659 g/mol. The van der Waals surface area contributed by atoms with E-state index in [0.29, 0.717) is 0 Å². The van der Waals surface area contributed by atoms with Gasteiger partial charge >= 0.3 is 97.4 Å². The van der Waals surface area contributed by atoms with Gasteiger partial charge in [-0.05, 0) is 6.92 Å². The van der Waals surface area contributed by atoms with Crippen LogP contribution in [-0.2, 0) is 113 Å². The van der Waals surface area contributed by atoms with E-state index in [1.54, 1.807) is 0 Å². The third-order valence-corrected chi connectivity index (χ3v) is 0. The first-order chi connectivity index (χ1) is 5.46. The molecule has 10 nitrogen and oxygen atoms in total. The third-order valence-electron chi connectivity index (χ3n) is 0. The molecule has 0 bridgehead atoms. The van der Waals surface area contributed by atoms with Crippen LogP contribution in [0.5, 0.6) is 0 Å². The van der Waals surface area contributed by atoms with E-state index in [9.17, 15) is 0 Å². The van der Waals surface area contributed by atoms with E-state index in [1.165, 1.54) is 0 Å². The zero-order chi connectivity index (χ0) is 11.7. The summed E-state index contributed by atoms with van der Waals surface area (Å²) in [5, 5.41) is 23.6. The third kappa shape index (κ3) is 1310. The molecule has 0 unspecified atom stereocenters. The Labute approximate surface area is 195 Å². The van der Waals surface area contributed by atoms with Crippen LogP contribution in [0.25, 0.3) is 0 Å². The Morgan fingerprint density at radius 1 is 0.950 bits per heavy atom. The second-order valence-electron chi connectivity index (χ2n) is 1.12. The molecule has 96 valence electrons. The van der Waals surface area contributed by atoms with E-state index < -0.39 is 21.5 Å². The first-order valence-electron chi connectivity index (χ1n) is 2.12. The normalized spacial score (nSPS) is 5.35. The van der Waals surface area contributed by atoms with Crippen molar-refractivity contribution in [2.75, 3.05) is 0 Å². The molecule has 0 heterocycles. The van der Waals surface area contributed by atoms with Gasteiger partial charge in [0.05, 0.1) is 5.09 Å². The number of aliphatic carboxylic acids is 1. The Morgan fingerprint density at radius 2 is 0.950 bits per heavy atom. The predicted octanol–water partition coefficient (Wildman–Crippen LogP) is -8.83. The molecule has 18 heteroatoms. The molecule has 0 aliphatic rings. The molecule has 0 radical (unpaired) electrons. The molecule has 20 heavy (non-hydrogen) atoms. The summed E-state index contributed by atoms with van der Waals surface area (Å²) >= 11 is 0. The van der Waals surface area contributed by atoms with E-state index in [2.05, 4.69) is 0 Å². The van der Waals surface area contributed by atoms with Gasteiger partial charge in [0, 0.05) is 16.4 Å². The van der Waals surface area contributed by atoms with Crippen LogP contribution in [0.1, 0.15) is 6.92 Å². The van der Waals surface area contributed by atoms with Crippen molar-refractivity contribution in [3.8, 4) is 0 Å². The largest absolute Gasteiger partial charge is 2.00 e. The molecule has 0 N–H and O–H groups in total. The quantitative estimate of drug-likeness (QED) is 0.0801. The van der Waals surface area contributed by atoms with Crippen LogP contribution in [-0.4, -0.2) is 28.6 Å². The Bertz CT molecular complexity index is 239. The molecule has 0 aromatic rings.